The Balaban J connectivity index is 1.86. The van der Waals surface area contributed by atoms with Crippen LogP contribution in [0.4, 0.5) is 4.79 Å². The molecule has 2 amide bonds. The molecule has 1 aromatic carbocycles. The number of hydrogen-bond donors (Lipinski definition) is 1. The van der Waals surface area contributed by atoms with Crippen molar-refractivity contribution in [3.63, 3.8) is 0 Å². The van der Waals surface area contributed by atoms with Crippen molar-refractivity contribution in [2.45, 2.75) is 6.42 Å². The van der Waals surface area contributed by atoms with E-state index < -0.39 is 0 Å². The summed E-state index contributed by atoms with van der Waals surface area (Å²) in [5, 5.41) is 0. The Kier molecular flexibility index (Phi) is 4.95. The number of carbonyl (C=O) groups is 2. The van der Waals surface area contributed by atoms with E-state index in [2.05, 4.69) is 0 Å². The topological polar surface area (TPSA) is 75.9 Å². The largest absolute Gasteiger partial charge is 0.415 e. The molecule has 0 aliphatic carbocycles. The first-order chi connectivity index (χ1) is 9.65. The maximum atomic E-state index is 12.0. The number of carbonyl (C=O) groups excluding carboxylic acids is 2. The summed E-state index contributed by atoms with van der Waals surface area (Å²) in [6.07, 6.45) is 0.453. The normalized spacial score (nSPS) is 16.5. The maximum Gasteiger partial charge on any atom is 0.415 e. The Bertz CT molecular complexity index is 464. The van der Waals surface area contributed by atoms with E-state index in [1.54, 1.807) is 17.0 Å². The maximum absolute atomic E-state index is 12.0. The molecule has 1 heterocycles. The SMILES string of the molecule is NC(=O)CN1CCCN(C(=O)Oc2ccccc2)CC1. The van der Waals surface area contributed by atoms with Crippen LogP contribution in [-0.2, 0) is 4.79 Å². The molecule has 1 fully saturated rings. The summed E-state index contributed by atoms with van der Waals surface area (Å²) < 4.78 is 5.30. The van der Waals surface area contributed by atoms with E-state index in [0.29, 0.717) is 25.4 Å². The number of nitrogens with two attached hydrogens (primary N) is 1. The number of para-hydroxylation sites is 1. The van der Waals surface area contributed by atoms with E-state index in [4.69, 9.17) is 10.5 Å². The quantitative estimate of drug-likeness (QED) is 0.881. The van der Waals surface area contributed by atoms with Crippen molar-refractivity contribution in [3.8, 4) is 5.75 Å². The number of amides is 2. The zero-order valence-corrected chi connectivity index (χ0v) is 11.3. The van der Waals surface area contributed by atoms with E-state index in [9.17, 15) is 9.59 Å². The van der Waals surface area contributed by atoms with E-state index >= 15 is 0 Å². The Morgan fingerprint density at radius 3 is 2.55 bits per heavy atom. The molecule has 0 radical (unpaired) electrons. The van der Waals surface area contributed by atoms with Crippen molar-refractivity contribution < 1.29 is 14.3 Å². The van der Waals surface area contributed by atoms with Gasteiger partial charge in [-0.2, -0.15) is 0 Å². The molecule has 0 unspecified atom stereocenters. The first-order valence-corrected chi connectivity index (χ1v) is 6.67. The van der Waals surface area contributed by atoms with Crippen LogP contribution in [-0.4, -0.2) is 54.5 Å². The third-order valence-corrected chi connectivity index (χ3v) is 3.17. The van der Waals surface area contributed by atoms with Gasteiger partial charge in [-0.25, -0.2) is 4.79 Å². The minimum Gasteiger partial charge on any atom is -0.410 e. The highest BCUT2D eigenvalue weighted by atomic mass is 16.6. The molecule has 20 heavy (non-hydrogen) atoms. The van der Waals surface area contributed by atoms with Gasteiger partial charge in [-0.3, -0.25) is 9.69 Å². The van der Waals surface area contributed by atoms with Gasteiger partial charge in [0.05, 0.1) is 6.54 Å². The van der Waals surface area contributed by atoms with Gasteiger partial charge in [-0.1, -0.05) is 18.2 Å². The lowest BCUT2D eigenvalue weighted by Gasteiger charge is -2.20. The van der Waals surface area contributed by atoms with Gasteiger partial charge in [0, 0.05) is 26.2 Å². The molecule has 6 heteroatoms. The summed E-state index contributed by atoms with van der Waals surface area (Å²) in [6.45, 7) is 2.80. The minimum atomic E-state index is -0.350. The number of hydrogen-bond acceptors (Lipinski definition) is 4. The lowest BCUT2D eigenvalue weighted by molar-refractivity contribution is -0.119. The second-order valence-corrected chi connectivity index (χ2v) is 4.76. The van der Waals surface area contributed by atoms with Crippen molar-refractivity contribution in [3.05, 3.63) is 30.3 Å². The fraction of sp³-hybridized carbons (Fsp3) is 0.429. The molecule has 0 atom stereocenters. The van der Waals surface area contributed by atoms with Gasteiger partial charge in [0.15, 0.2) is 0 Å². The molecule has 1 saturated heterocycles. The lowest BCUT2D eigenvalue weighted by atomic mass is 10.3. The molecule has 0 bridgehead atoms. The van der Waals surface area contributed by atoms with Crippen LogP contribution in [0.25, 0.3) is 0 Å². The summed E-state index contributed by atoms with van der Waals surface area (Å²) in [5.41, 5.74) is 5.19. The average Bonchev–Trinajstić information content (AvgIpc) is 2.65. The smallest absolute Gasteiger partial charge is 0.410 e. The van der Waals surface area contributed by atoms with Gasteiger partial charge in [-0.15, -0.1) is 0 Å². The molecule has 2 N–H and O–H groups in total. The van der Waals surface area contributed by atoms with Gasteiger partial charge in [-0.05, 0) is 18.6 Å². The van der Waals surface area contributed by atoms with Crippen molar-refractivity contribution in [2.75, 3.05) is 32.7 Å². The van der Waals surface area contributed by atoms with Crippen LogP contribution >= 0.6 is 0 Å². The van der Waals surface area contributed by atoms with Gasteiger partial charge >= 0.3 is 6.09 Å². The van der Waals surface area contributed by atoms with Crippen LogP contribution in [0.1, 0.15) is 6.42 Å². The van der Waals surface area contributed by atoms with Crippen molar-refractivity contribution in [2.24, 2.45) is 5.73 Å². The standard InChI is InChI=1S/C14H19N3O3/c15-13(18)11-16-7-4-8-17(10-9-16)14(19)20-12-5-2-1-3-6-12/h1-3,5-6H,4,7-11H2,(H2,15,18). The van der Waals surface area contributed by atoms with Crippen LogP contribution in [0, 0.1) is 0 Å². The molecular formula is C14H19N3O3. The monoisotopic (exact) mass is 277 g/mol. The zero-order chi connectivity index (χ0) is 14.4. The van der Waals surface area contributed by atoms with Crippen LogP contribution in [0.3, 0.4) is 0 Å². The van der Waals surface area contributed by atoms with Gasteiger partial charge in [0.25, 0.3) is 0 Å². The van der Waals surface area contributed by atoms with Crippen LogP contribution in [0.5, 0.6) is 5.75 Å². The molecule has 0 spiro atoms. The molecule has 1 aliphatic heterocycles. The van der Waals surface area contributed by atoms with E-state index in [0.717, 1.165) is 13.0 Å². The lowest BCUT2D eigenvalue weighted by Crippen LogP contribution is -2.39. The number of nitrogens with zero attached hydrogens (tertiary/aromatic N) is 2. The Labute approximate surface area is 118 Å². The fourth-order valence-corrected chi connectivity index (χ4v) is 2.19. The first-order valence-electron chi connectivity index (χ1n) is 6.67. The highest BCUT2D eigenvalue weighted by Crippen LogP contribution is 2.11. The molecule has 0 saturated carbocycles. The van der Waals surface area contributed by atoms with Gasteiger partial charge in [0.1, 0.15) is 5.75 Å². The number of ether oxygens (including phenoxy) is 1. The second-order valence-electron chi connectivity index (χ2n) is 4.76. The van der Waals surface area contributed by atoms with E-state index in [-0.39, 0.29) is 18.5 Å². The molecule has 1 aliphatic rings. The molecule has 2 rings (SSSR count). The fourth-order valence-electron chi connectivity index (χ4n) is 2.19. The predicted molar refractivity (Wildman–Crippen MR) is 74.3 cm³/mol. The van der Waals surface area contributed by atoms with Gasteiger partial charge < -0.3 is 15.4 Å². The zero-order valence-electron chi connectivity index (χ0n) is 11.3. The van der Waals surface area contributed by atoms with Crippen LogP contribution in [0.15, 0.2) is 30.3 Å². The summed E-state index contributed by atoms with van der Waals surface area (Å²) in [5.74, 6) is 0.195. The number of benzene rings is 1. The van der Waals surface area contributed by atoms with Crippen molar-refractivity contribution in [1.29, 1.82) is 0 Å². The summed E-state index contributed by atoms with van der Waals surface area (Å²) in [6, 6.07) is 8.99. The molecule has 6 nitrogen and oxygen atoms in total. The third kappa shape index (κ3) is 4.24. The first kappa shape index (κ1) is 14.3. The van der Waals surface area contributed by atoms with Crippen LogP contribution in [0.2, 0.25) is 0 Å². The summed E-state index contributed by atoms with van der Waals surface area (Å²) in [7, 11) is 0. The van der Waals surface area contributed by atoms with Crippen LogP contribution < -0.4 is 10.5 Å². The Morgan fingerprint density at radius 1 is 1.10 bits per heavy atom. The summed E-state index contributed by atoms with van der Waals surface area (Å²) >= 11 is 0. The Hall–Kier alpha value is -2.08. The second kappa shape index (κ2) is 6.91. The third-order valence-electron chi connectivity index (χ3n) is 3.17. The van der Waals surface area contributed by atoms with Gasteiger partial charge in [0.2, 0.25) is 5.91 Å². The highest BCUT2D eigenvalue weighted by molar-refractivity contribution is 5.76. The Morgan fingerprint density at radius 2 is 1.85 bits per heavy atom. The predicted octanol–water partition coefficient (Wildman–Crippen LogP) is 0.678. The summed E-state index contributed by atoms with van der Waals surface area (Å²) in [4.78, 5) is 26.6. The number of rotatable bonds is 3. The minimum absolute atomic E-state index is 0.238. The average molecular weight is 277 g/mol. The molecule has 1 aromatic rings. The molecular weight excluding hydrogens is 258 g/mol. The van der Waals surface area contributed by atoms with E-state index in [1.807, 2.05) is 23.1 Å². The van der Waals surface area contributed by atoms with Crippen molar-refractivity contribution >= 4 is 12.0 Å². The van der Waals surface area contributed by atoms with E-state index in [1.165, 1.54) is 0 Å². The van der Waals surface area contributed by atoms with Crippen molar-refractivity contribution in [1.82, 2.24) is 9.80 Å². The highest BCUT2D eigenvalue weighted by Gasteiger charge is 2.21. The molecule has 0 aromatic heterocycles. The molecule has 108 valence electrons. The number of primary amides is 1.